The second-order valence-electron chi connectivity index (χ2n) is 6.38. The molecular weight excluding hydrogens is 543 g/mol. The minimum Gasteiger partial charge on any atom is -0.210 e. The van der Waals surface area contributed by atoms with Crippen molar-refractivity contribution in [2.45, 2.75) is 79.3 Å². The summed E-state index contributed by atoms with van der Waals surface area (Å²) in [5, 5.41) is 0. The van der Waals surface area contributed by atoms with Crippen LogP contribution in [0.25, 0.3) is 0 Å². The fraction of sp³-hybridized carbons (Fsp3) is 0.545. The number of halogens is 2. The van der Waals surface area contributed by atoms with E-state index in [-0.39, 0.29) is 60.2 Å². The van der Waals surface area contributed by atoms with Crippen LogP contribution in [-0.4, -0.2) is 9.52 Å². The third-order valence-corrected chi connectivity index (χ3v) is 3.58. The zero-order chi connectivity index (χ0) is 17.5. The van der Waals surface area contributed by atoms with Gasteiger partial charge in [-0.3, -0.25) is 0 Å². The van der Waals surface area contributed by atoms with Gasteiger partial charge in [-0.1, -0.05) is 79.3 Å². The van der Waals surface area contributed by atoms with Crippen LogP contribution in [-0.2, 0) is 39.0 Å². The first kappa shape index (κ1) is 34.3. The largest absolute Gasteiger partial charge is 2.00 e. The Hall–Kier alpha value is 0.760. The minimum atomic E-state index is 0. The van der Waals surface area contributed by atoms with E-state index in [0.29, 0.717) is 0 Å². The molecule has 0 nitrogen and oxygen atoms in total. The predicted octanol–water partition coefficient (Wildman–Crippen LogP) is 7.79. The average Bonchev–Trinajstić information content (AvgIpc) is 3.13. The van der Waals surface area contributed by atoms with Crippen LogP contribution in [0.5, 0.6) is 0 Å². The fourth-order valence-electron chi connectivity index (χ4n) is 2.33. The van der Waals surface area contributed by atoms with Crippen molar-refractivity contribution in [1.29, 1.82) is 0 Å². The van der Waals surface area contributed by atoms with Crippen molar-refractivity contribution in [2.24, 2.45) is 0 Å². The summed E-state index contributed by atoms with van der Waals surface area (Å²) in [6, 6.07) is 13.4. The van der Waals surface area contributed by atoms with Crippen molar-refractivity contribution in [3.05, 3.63) is 58.7 Å². The van der Waals surface area contributed by atoms with Crippen molar-refractivity contribution >= 4 is 43.5 Å². The third kappa shape index (κ3) is 19.5. The van der Waals surface area contributed by atoms with E-state index in [0.717, 1.165) is 9.52 Å². The standard InChI is InChI=1S/2C10H15.C2H7Si.2BrH.Zr/c2*1-3-4-5-10-7-6-9(2)8-10;1-3-2;;;/h2*6-8H,3-5H2,1-2H3;3H,1-2H3;2*1H;/q2*-1;;;;+2. The molecule has 2 aromatic carbocycles. The molecule has 0 aliphatic rings. The van der Waals surface area contributed by atoms with Crippen molar-refractivity contribution in [2.75, 3.05) is 0 Å². The Morgan fingerprint density at radius 2 is 1.08 bits per heavy atom. The molecule has 26 heavy (non-hydrogen) atoms. The number of hydrogen-bond donors (Lipinski definition) is 0. The van der Waals surface area contributed by atoms with Gasteiger partial charge in [0, 0.05) is 9.52 Å². The second kappa shape index (κ2) is 23.8. The number of unbranched alkanes of at least 4 members (excludes halogenated alkanes) is 2. The minimum absolute atomic E-state index is 0. The molecule has 0 aliphatic heterocycles. The van der Waals surface area contributed by atoms with Gasteiger partial charge < -0.3 is 0 Å². The van der Waals surface area contributed by atoms with E-state index >= 15 is 0 Å². The molecule has 0 N–H and O–H groups in total. The third-order valence-electron chi connectivity index (χ3n) is 3.58. The molecule has 0 unspecified atom stereocenters. The van der Waals surface area contributed by atoms with E-state index in [1.165, 1.54) is 60.8 Å². The molecule has 2 aromatic rings. The quantitative estimate of drug-likeness (QED) is 0.241. The van der Waals surface area contributed by atoms with Gasteiger partial charge in [0.2, 0.25) is 0 Å². The van der Waals surface area contributed by atoms with Crippen LogP contribution >= 0.6 is 34.0 Å². The molecular formula is C22H39Br2SiZr. The maximum atomic E-state index is 2.27. The van der Waals surface area contributed by atoms with Gasteiger partial charge in [-0.25, -0.2) is 12.1 Å². The second-order valence-corrected chi connectivity index (χ2v) is 7.53. The summed E-state index contributed by atoms with van der Waals surface area (Å²) in [7, 11) is 0.750. The molecule has 0 saturated carbocycles. The van der Waals surface area contributed by atoms with E-state index in [1.54, 1.807) is 0 Å². The summed E-state index contributed by atoms with van der Waals surface area (Å²) in [6.07, 6.45) is 7.75. The van der Waals surface area contributed by atoms with Crippen LogP contribution in [0.15, 0.2) is 36.4 Å². The topological polar surface area (TPSA) is 0 Å². The van der Waals surface area contributed by atoms with E-state index in [4.69, 9.17) is 0 Å². The Balaban J connectivity index is -0.000000147. The van der Waals surface area contributed by atoms with Gasteiger partial charge in [0.05, 0.1) is 0 Å². The first-order valence-corrected chi connectivity index (χ1v) is 11.6. The van der Waals surface area contributed by atoms with Gasteiger partial charge in [0.1, 0.15) is 0 Å². The SMILES string of the molecule is Br.Br.CCCCc1cc[c-](C)c1.CCCCc1cc[c-](C)c1.C[SiH]C.[Zr+2]. The number of hydrogen-bond acceptors (Lipinski definition) is 0. The molecule has 0 bridgehead atoms. The van der Waals surface area contributed by atoms with Gasteiger partial charge in [-0.15, -0.1) is 34.0 Å². The molecule has 0 aromatic heterocycles. The first-order chi connectivity index (χ1) is 11.1. The summed E-state index contributed by atoms with van der Waals surface area (Å²) < 4.78 is 0. The molecule has 0 fully saturated rings. The summed E-state index contributed by atoms with van der Waals surface area (Å²) in [4.78, 5) is 0. The molecule has 0 aliphatic carbocycles. The summed E-state index contributed by atoms with van der Waals surface area (Å²) >= 11 is 0. The monoisotopic (exact) mass is 579 g/mol. The fourth-order valence-corrected chi connectivity index (χ4v) is 2.33. The van der Waals surface area contributed by atoms with Crippen LogP contribution < -0.4 is 0 Å². The van der Waals surface area contributed by atoms with Gasteiger partial charge in [0.15, 0.2) is 0 Å². The van der Waals surface area contributed by atoms with Gasteiger partial charge >= 0.3 is 26.2 Å². The molecule has 0 amide bonds. The molecule has 4 heteroatoms. The Labute approximate surface area is 206 Å². The number of aryl methyl sites for hydroxylation is 4. The van der Waals surface area contributed by atoms with Crippen molar-refractivity contribution in [3.63, 3.8) is 0 Å². The molecule has 0 heterocycles. The van der Waals surface area contributed by atoms with Gasteiger partial charge in [-0.05, 0) is 0 Å². The van der Waals surface area contributed by atoms with E-state index < -0.39 is 0 Å². The zero-order valence-corrected chi connectivity index (χ0v) is 24.6. The molecule has 149 valence electrons. The van der Waals surface area contributed by atoms with Crippen molar-refractivity contribution in [3.8, 4) is 0 Å². The molecule has 1 radical (unpaired) electrons. The summed E-state index contributed by atoms with van der Waals surface area (Å²) in [5.74, 6) is 0. The average molecular weight is 583 g/mol. The zero-order valence-electron chi connectivity index (χ0n) is 17.6. The number of rotatable bonds is 6. The van der Waals surface area contributed by atoms with E-state index in [9.17, 15) is 0 Å². The van der Waals surface area contributed by atoms with E-state index in [1.807, 2.05) is 0 Å². The van der Waals surface area contributed by atoms with Gasteiger partial charge in [0.25, 0.3) is 0 Å². The first-order valence-electron chi connectivity index (χ1n) is 9.25. The van der Waals surface area contributed by atoms with Crippen LogP contribution in [0.4, 0.5) is 0 Å². The Morgan fingerprint density at radius 3 is 1.27 bits per heavy atom. The van der Waals surface area contributed by atoms with Crippen LogP contribution in [0.2, 0.25) is 13.1 Å². The molecule has 0 spiro atoms. The van der Waals surface area contributed by atoms with E-state index in [2.05, 4.69) is 77.2 Å². The van der Waals surface area contributed by atoms with Crippen molar-refractivity contribution in [1.82, 2.24) is 0 Å². The van der Waals surface area contributed by atoms with Gasteiger partial charge in [-0.2, -0.15) is 46.5 Å². The van der Waals surface area contributed by atoms with Crippen LogP contribution in [0, 0.1) is 13.8 Å². The molecule has 0 saturated heterocycles. The smallest absolute Gasteiger partial charge is 0.210 e. The van der Waals surface area contributed by atoms with Crippen LogP contribution in [0.3, 0.4) is 0 Å². The normalized spacial score (nSPS) is 8.54. The maximum absolute atomic E-state index is 2.27. The maximum Gasteiger partial charge on any atom is 2.00 e. The predicted molar refractivity (Wildman–Crippen MR) is 130 cm³/mol. The Kier molecular flexibility index (Phi) is 31.4. The Bertz CT molecular complexity index is 448. The molecule has 2 rings (SSSR count). The summed E-state index contributed by atoms with van der Waals surface area (Å²) in [6.45, 7) is 13.2. The van der Waals surface area contributed by atoms with Crippen molar-refractivity contribution < 1.29 is 26.2 Å². The summed E-state index contributed by atoms with van der Waals surface area (Å²) in [5.41, 5.74) is 5.79. The van der Waals surface area contributed by atoms with Crippen LogP contribution in [0.1, 0.15) is 61.8 Å². The molecule has 0 atom stereocenters. The Morgan fingerprint density at radius 1 is 0.769 bits per heavy atom.